The van der Waals surface area contributed by atoms with Crippen molar-refractivity contribution >= 4 is 14.8 Å². The monoisotopic (exact) mass is 312 g/mol. The lowest BCUT2D eigenvalue weighted by Gasteiger charge is -2.26. The van der Waals surface area contributed by atoms with E-state index in [-0.39, 0.29) is 0 Å². The Bertz CT molecular complexity index is 418. The van der Waals surface area contributed by atoms with Crippen LogP contribution in [0.3, 0.4) is 0 Å². The van der Waals surface area contributed by atoms with Gasteiger partial charge in [-0.1, -0.05) is 30.3 Å². The molecule has 0 radical (unpaired) electrons. The highest BCUT2D eigenvalue weighted by molar-refractivity contribution is 6.60. The van der Waals surface area contributed by atoms with E-state index in [1.54, 1.807) is 26.2 Å². The average molecular weight is 312 g/mol. The summed E-state index contributed by atoms with van der Waals surface area (Å²) in [4.78, 5) is 13.1. The van der Waals surface area contributed by atoms with Gasteiger partial charge in [0.1, 0.15) is 0 Å². The standard InChI is InChI=1S/C14H24N2O4Si/c1-18-21(19-2,20-3)11-7-10-16(14(15)17)12-13-8-5-4-6-9-13/h4-6,8-9H,7,10-12H2,1-3H3,(H2,15,17). The maximum Gasteiger partial charge on any atom is 0.500 e. The Morgan fingerprint density at radius 1 is 1.14 bits per heavy atom. The van der Waals surface area contributed by atoms with E-state index in [4.69, 9.17) is 19.0 Å². The highest BCUT2D eigenvalue weighted by atomic mass is 28.4. The Morgan fingerprint density at radius 3 is 2.19 bits per heavy atom. The van der Waals surface area contributed by atoms with E-state index >= 15 is 0 Å². The van der Waals surface area contributed by atoms with Crippen molar-refractivity contribution in [1.29, 1.82) is 0 Å². The number of urea groups is 1. The van der Waals surface area contributed by atoms with Crippen molar-refractivity contribution in [3.05, 3.63) is 35.9 Å². The van der Waals surface area contributed by atoms with E-state index in [1.165, 1.54) is 0 Å². The molecule has 0 saturated carbocycles. The third-order valence-corrected chi connectivity index (χ3v) is 6.20. The number of nitrogens with zero attached hydrogens (tertiary/aromatic N) is 1. The summed E-state index contributed by atoms with van der Waals surface area (Å²) in [5.41, 5.74) is 6.48. The molecule has 0 aromatic heterocycles. The molecule has 0 aliphatic rings. The van der Waals surface area contributed by atoms with Gasteiger partial charge >= 0.3 is 14.8 Å². The summed E-state index contributed by atoms with van der Waals surface area (Å²) in [6.45, 7) is 1.03. The molecule has 0 saturated heterocycles. The largest absolute Gasteiger partial charge is 0.500 e. The summed E-state index contributed by atoms with van der Waals surface area (Å²) in [6, 6.07) is 9.95. The van der Waals surface area contributed by atoms with Crippen molar-refractivity contribution < 1.29 is 18.1 Å². The van der Waals surface area contributed by atoms with Gasteiger partial charge in [0.15, 0.2) is 0 Å². The molecule has 2 amide bonds. The molecule has 0 spiro atoms. The predicted molar refractivity (Wildman–Crippen MR) is 82.6 cm³/mol. The maximum absolute atomic E-state index is 11.5. The zero-order chi connectivity index (χ0) is 15.7. The second-order valence-corrected chi connectivity index (χ2v) is 7.74. The summed E-state index contributed by atoms with van der Waals surface area (Å²) in [5.74, 6) is 0. The molecule has 118 valence electrons. The summed E-state index contributed by atoms with van der Waals surface area (Å²) < 4.78 is 16.1. The normalized spacial score (nSPS) is 11.4. The Labute approximate surface area is 127 Å². The third-order valence-electron chi connectivity index (χ3n) is 3.37. The van der Waals surface area contributed by atoms with Crippen molar-refractivity contribution in [3.63, 3.8) is 0 Å². The van der Waals surface area contributed by atoms with Crippen LogP contribution in [0.4, 0.5) is 4.79 Å². The molecule has 0 heterocycles. The molecule has 0 aliphatic heterocycles. The molecule has 1 aromatic carbocycles. The zero-order valence-electron chi connectivity index (χ0n) is 12.9. The lowest BCUT2D eigenvalue weighted by molar-refractivity contribution is 0.121. The van der Waals surface area contributed by atoms with Crippen LogP contribution in [0.5, 0.6) is 0 Å². The SMILES string of the molecule is CO[Si](CCCN(Cc1ccccc1)C(N)=O)(OC)OC. The minimum absolute atomic E-state index is 0.432. The maximum atomic E-state index is 11.5. The average Bonchev–Trinajstić information content (AvgIpc) is 2.52. The third kappa shape index (κ3) is 5.47. The second-order valence-electron chi connectivity index (χ2n) is 4.64. The first-order chi connectivity index (χ1) is 10.1. The van der Waals surface area contributed by atoms with Gasteiger partial charge in [-0.25, -0.2) is 4.79 Å². The molecular weight excluding hydrogens is 288 g/mol. The second kappa shape index (κ2) is 8.78. The van der Waals surface area contributed by atoms with Crippen LogP contribution < -0.4 is 5.73 Å². The molecular formula is C14H24N2O4Si. The van der Waals surface area contributed by atoms with Gasteiger partial charge in [0.2, 0.25) is 0 Å². The first-order valence-corrected chi connectivity index (χ1v) is 8.74. The van der Waals surface area contributed by atoms with E-state index < -0.39 is 14.8 Å². The van der Waals surface area contributed by atoms with Crippen LogP contribution in [0, 0.1) is 0 Å². The molecule has 2 N–H and O–H groups in total. The fraction of sp³-hybridized carbons (Fsp3) is 0.500. The molecule has 0 bridgehead atoms. The quantitative estimate of drug-likeness (QED) is 0.706. The molecule has 0 fully saturated rings. The van der Waals surface area contributed by atoms with Crippen LogP contribution in [0.25, 0.3) is 0 Å². The number of hydrogen-bond donors (Lipinski definition) is 1. The highest BCUT2D eigenvalue weighted by Crippen LogP contribution is 2.16. The number of carbonyl (C=O) groups excluding carboxylic acids is 1. The molecule has 1 rings (SSSR count). The van der Waals surface area contributed by atoms with Gasteiger partial charge < -0.3 is 23.9 Å². The Balaban J connectivity index is 2.54. The number of primary amides is 1. The van der Waals surface area contributed by atoms with Gasteiger partial charge in [-0.2, -0.15) is 0 Å². The molecule has 6 nitrogen and oxygen atoms in total. The minimum atomic E-state index is -2.59. The van der Waals surface area contributed by atoms with Crippen molar-refractivity contribution in [2.24, 2.45) is 5.73 Å². The fourth-order valence-corrected chi connectivity index (χ4v) is 3.82. The number of amides is 2. The smallest absolute Gasteiger partial charge is 0.377 e. The van der Waals surface area contributed by atoms with E-state index in [0.717, 1.165) is 5.56 Å². The minimum Gasteiger partial charge on any atom is -0.377 e. The van der Waals surface area contributed by atoms with E-state index in [9.17, 15) is 4.79 Å². The first kappa shape index (κ1) is 17.6. The molecule has 0 aliphatic carbocycles. The number of rotatable bonds is 9. The summed E-state index contributed by atoms with van der Waals surface area (Å²) in [5, 5.41) is 0. The highest BCUT2D eigenvalue weighted by Gasteiger charge is 2.37. The van der Waals surface area contributed by atoms with Crippen molar-refractivity contribution in [2.75, 3.05) is 27.9 Å². The molecule has 1 aromatic rings. The summed E-state index contributed by atoms with van der Waals surface area (Å²) >= 11 is 0. The van der Waals surface area contributed by atoms with Gasteiger partial charge in [0, 0.05) is 40.5 Å². The topological polar surface area (TPSA) is 74.0 Å². The summed E-state index contributed by atoms with van der Waals surface area (Å²) in [7, 11) is 2.15. The molecule has 21 heavy (non-hydrogen) atoms. The Hall–Kier alpha value is -1.41. The predicted octanol–water partition coefficient (Wildman–Crippen LogP) is 1.84. The van der Waals surface area contributed by atoms with Gasteiger partial charge in [-0.3, -0.25) is 0 Å². The number of carbonyl (C=O) groups is 1. The van der Waals surface area contributed by atoms with Crippen LogP contribution in [0.1, 0.15) is 12.0 Å². The van der Waals surface area contributed by atoms with Gasteiger partial charge in [0.25, 0.3) is 0 Å². The van der Waals surface area contributed by atoms with Crippen LogP contribution in [0.15, 0.2) is 30.3 Å². The lowest BCUT2D eigenvalue weighted by atomic mass is 10.2. The van der Waals surface area contributed by atoms with Crippen molar-refractivity contribution in [1.82, 2.24) is 4.90 Å². The Kier molecular flexibility index (Phi) is 7.38. The summed E-state index contributed by atoms with van der Waals surface area (Å²) in [6.07, 6.45) is 0.706. The molecule has 0 atom stereocenters. The number of nitrogens with two attached hydrogens (primary N) is 1. The van der Waals surface area contributed by atoms with E-state index in [2.05, 4.69) is 0 Å². The Morgan fingerprint density at radius 2 is 1.71 bits per heavy atom. The number of benzene rings is 1. The van der Waals surface area contributed by atoms with Crippen LogP contribution >= 0.6 is 0 Å². The van der Waals surface area contributed by atoms with Crippen LogP contribution in [-0.4, -0.2) is 47.6 Å². The number of hydrogen-bond acceptors (Lipinski definition) is 4. The lowest BCUT2D eigenvalue weighted by Crippen LogP contribution is -2.44. The van der Waals surface area contributed by atoms with Crippen molar-refractivity contribution in [2.45, 2.75) is 19.0 Å². The van der Waals surface area contributed by atoms with E-state index in [0.29, 0.717) is 25.6 Å². The van der Waals surface area contributed by atoms with Crippen LogP contribution in [0.2, 0.25) is 6.04 Å². The van der Waals surface area contributed by atoms with Gasteiger partial charge in [0.05, 0.1) is 0 Å². The van der Waals surface area contributed by atoms with Crippen molar-refractivity contribution in [3.8, 4) is 0 Å². The zero-order valence-corrected chi connectivity index (χ0v) is 13.9. The fourth-order valence-electron chi connectivity index (χ4n) is 2.11. The van der Waals surface area contributed by atoms with Gasteiger partial charge in [-0.05, 0) is 12.0 Å². The van der Waals surface area contributed by atoms with Crippen LogP contribution in [-0.2, 0) is 19.8 Å². The molecule has 0 unspecified atom stereocenters. The van der Waals surface area contributed by atoms with Gasteiger partial charge in [-0.15, -0.1) is 0 Å². The molecule has 7 heteroatoms. The van der Waals surface area contributed by atoms with E-state index in [1.807, 2.05) is 30.3 Å². The first-order valence-electron chi connectivity index (χ1n) is 6.80.